The van der Waals surface area contributed by atoms with Crippen molar-refractivity contribution in [1.29, 1.82) is 0 Å². The SMILES string of the molecule is CN(Cc1ccc(C(F)(F)F)c(F)c1)C1CN(CC2CCN(C(=O)C3(C)CC3)CC2)CC1c1ccc(Cl)c(Cl)c1. The Morgan fingerprint density at radius 3 is 2.35 bits per heavy atom. The van der Waals surface area contributed by atoms with E-state index in [0.717, 1.165) is 76.1 Å². The lowest BCUT2D eigenvalue weighted by Gasteiger charge is -2.35. The Morgan fingerprint density at radius 1 is 1.05 bits per heavy atom. The van der Waals surface area contributed by atoms with E-state index >= 15 is 0 Å². The average Bonchev–Trinajstić information content (AvgIpc) is 3.51. The van der Waals surface area contributed by atoms with Crippen LogP contribution in [0.5, 0.6) is 0 Å². The van der Waals surface area contributed by atoms with Gasteiger partial charge in [0.25, 0.3) is 0 Å². The molecular formula is C30H35Cl2F4N3O. The van der Waals surface area contributed by atoms with Gasteiger partial charge in [-0.05, 0) is 74.0 Å². The summed E-state index contributed by atoms with van der Waals surface area (Å²) in [7, 11) is 1.93. The number of nitrogens with zero attached hydrogens (tertiary/aromatic N) is 3. The van der Waals surface area contributed by atoms with Crippen LogP contribution in [0.4, 0.5) is 17.6 Å². The molecule has 10 heteroatoms. The van der Waals surface area contributed by atoms with E-state index in [0.29, 0.717) is 34.0 Å². The number of amides is 1. The third-order valence-corrected chi connectivity index (χ3v) is 9.75. The summed E-state index contributed by atoms with van der Waals surface area (Å²) in [5.41, 5.74) is 0.146. The van der Waals surface area contributed by atoms with Crippen molar-refractivity contribution in [2.45, 2.75) is 57.3 Å². The number of rotatable bonds is 7. The van der Waals surface area contributed by atoms with Crippen LogP contribution in [0.15, 0.2) is 36.4 Å². The van der Waals surface area contributed by atoms with E-state index in [-0.39, 0.29) is 17.4 Å². The van der Waals surface area contributed by atoms with Gasteiger partial charge < -0.3 is 9.80 Å². The molecule has 5 rings (SSSR count). The lowest BCUT2D eigenvalue weighted by Crippen LogP contribution is -2.44. The molecule has 0 bridgehead atoms. The van der Waals surface area contributed by atoms with Crippen LogP contribution in [-0.4, -0.2) is 66.4 Å². The fourth-order valence-corrected chi connectivity index (χ4v) is 6.60. The molecule has 0 radical (unpaired) electrons. The summed E-state index contributed by atoms with van der Waals surface area (Å²) in [6.45, 7) is 6.44. The molecule has 2 aliphatic heterocycles. The quantitative estimate of drug-likeness (QED) is 0.318. The van der Waals surface area contributed by atoms with E-state index in [1.165, 1.54) is 6.07 Å². The normalized spacial score (nSPS) is 23.7. The number of hydrogen-bond acceptors (Lipinski definition) is 3. The summed E-state index contributed by atoms with van der Waals surface area (Å²) in [5, 5.41) is 0.956. The highest BCUT2D eigenvalue weighted by Gasteiger charge is 2.47. The minimum Gasteiger partial charge on any atom is -0.342 e. The Labute approximate surface area is 243 Å². The van der Waals surface area contributed by atoms with E-state index in [1.54, 1.807) is 6.07 Å². The molecule has 3 fully saturated rings. The van der Waals surface area contributed by atoms with E-state index in [1.807, 2.05) is 24.1 Å². The fraction of sp³-hybridized carbons (Fsp3) is 0.567. The van der Waals surface area contributed by atoms with E-state index in [9.17, 15) is 22.4 Å². The third-order valence-electron chi connectivity index (χ3n) is 9.01. The topological polar surface area (TPSA) is 26.8 Å². The maximum absolute atomic E-state index is 14.3. The number of piperidine rings is 1. The number of alkyl halides is 3. The molecule has 2 aromatic carbocycles. The van der Waals surface area contributed by atoms with Gasteiger partial charge in [0.05, 0.1) is 15.6 Å². The summed E-state index contributed by atoms with van der Waals surface area (Å²) >= 11 is 12.5. The zero-order chi connectivity index (χ0) is 28.8. The van der Waals surface area contributed by atoms with Crippen molar-refractivity contribution in [3.63, 3.8) is 0 Å². The molecule has 2 atom stereocenters. The molecule has 40 heavy (non-hydrogen) atoms. The van der Waals surface area contributed by atoms with E-state index in [2.05, 4.69) is 16.7 Å². The van der Waals surface area contributed by atoms with Crippen LogP contribution in [0, 0.1) is 17.2 Å². The molecule has 1 amide bonds. The zero-order valence-electron chi connectivity index (χ0n) is 22.8. The first-order valence-corrected chi connectivity index (χ1v) is 14.6. The standard InChI is InChI=1S/C30H35Cl2F4N3O/c1-29(9-10-29)28(40)39-11-7-19(8-12-39)16-38-17-22(21-4-6-24(31)25(32)14-21)27(18-38)37(2)15-20-3-5-23(26(33)13-20)30(34,35)36/h3-6,13-14,19,22,27H,7-12,15-18H2,1-2H3. The first-order chi connectivity index (χ1) is 18.8. The second-order valence-electron chi connectivity index (χ2n) is 12.1. The molecule has 1 saturated carbocycles. The second-order valence-corrected chi connectivity index (χ2v) is 12.9. The van der Waals surface area contributed by atoms with Gasteiger partial charge in [0, 0.05) is 56.6 Å². The van der Waals surface area contributed by atoms with Gasteiger partial charge in [-0.2, -0.15) is 13.2 Å². The summed E-state index contributed by atoms with van der Waals surface area (Å²) in [6.07, 6.45) is -0.797. The Morgan fingerprint density at radius 2 is 1.75 bits per heavy atom. The van der Waals surface area contributed by atoms with Crippen molar-refractivity contribution in [3.05, 3.63) is 69.0 Å². The summed E-state index contributed by atoms with van der Waals surface area (Å²) < 4.78 is 53.4. The molecule has 2 saturated heterocycles. The highest BCUT2D eigenvalue weighted by molar-refractivity contribution is 6.42. The molecular weight excluding hydrogens is 565 g/mol. The van der Waals surface area contributed by atoms with Gasteiger partial charge in [-0.15, -0.1) is 0 Å². The van der Waals surface area contributed by atoms with Crippen molar-refractivity contribution >= 4 is 29.1 Å². The van der Waals surface area contributed by atoms with Crippen LogP contribution >= 0.6 is 23.2 Å². The minimum atomic E-state index is -4.72. The number of carbonyl (C=O) groups excluding carboxylic acids is 1. The Bertz CT molecular complexity index is 1240. The summed E-state index contributed by atoms with van der Waals surface area (Å²) in [5.74, 6) is -0.379. The fourth-order valence-electron chi connectivity index (χ4n) is 6.29. The molecule has 0 N–H and O–H groups in total. The summed E-state index contributed by atoms with van der Waals surface area (Å²) in [6, 6.07) is 8.84. The Kier molecular flexibility index (Phi) is 8.46. The molecule has 2 unspecified atom stereocenters. The van der Waals surface area contributed by atoms with Crippen molar-refractivity contribution in [1.82, 2.24) is 14.7 Å². The lowest BCUT2D eigenvalue weighted by atomic mass is 9.93. The molecule has 2 heterocycles. The van der Waals surface area contributed by atoms with Crippen molar-refractivity contribution < 1.29 is 22.4 Å². The lowest BCUT2D eigenvalue weighted by molar-refractivity contribution is -0.140. The van der Waals surface area contributed by atoms with Gasteiger partial charge in [0.1, 0.15) is 5.82 Å². The van der Waals surface area contributed by atoms with Crippen molar-refractivity contribution in [2.24, 2.45) is 11.3 Å². The first-order valence-electron chi connectivity index (χ1n) is 13.9. The van der Waals surface area contributed by atoms with Crippen molar-refractivity contribution in [3.8, 4) is 0 Å². The van der Waals surface area contributed by atoms with Crippen molar-refractivity contribution in [2.75, 3.05) is 39.8 Å². The maximum atomic E-state index is 14.3. The number of benzene rings is 2. The van der Waals surface area contributed by atoms with E-state index < -0.39 is 17.6 Å². The number of hydrogen-bond donors (Lipinski definition) is 0. The average molecular weight is 601 g/mol. The van der Waals surface area contributed by atoms with E-state index in [4.69, 9.17) is 23.2 Å². The van der Waals surface area contributed by atoms with Gasteiger partial charge >= 0.3 is 6.18 Å². The number of likely N-dealkylation sites (tertiary alicyclic amines) is 2. The Balaban J connectivity index is 1.27. The summed E-state index contributed by atoms with van der Waals surface area (Å²) in [4.78, 5) is 19.3. The molecule has 0 spiro atoms. The monoisotopic (exact) mass is 599 g/mol. The zero-order valence-corrected chi connectivity index (χ0v) is 24.3. The number of likely N-dealkylation sites (N-methyl/N-ethyl adjacent to an activating group) is 1. The van der Waals surface area contributed by atoms with Crippen LogP contribution in [0.2, 0.25) is 10.0 Å². The Hall–Kier alpha value is -1.87. The minimum absolute atomic E-state index is 0.0408. The van der Waals surface area contributed by atoms with Gasteiger partial charge in [0.15, 0.2) is 0 Å². The molecule has 218 valence electrons. The highest BCUT2D eigenvalue weighted by atomic mass is 35.5. The molecule has 4 nitrogen and oxygen atoms in total. The van der Waals surface area contributed by atoms with Crippen LogP contribution in [-0.2, 0) is 17.5 Å². The highest BCUT2D eigenvalue weighted by Crippen LogP contribution is 2.47. The molecule has 0 aromatic heterocycles. The molecule has 3 aliphatic rings. The van der Waals surface area contributed by atoms with Crippen LogP contribution in [0.1, 0.15) is 55.2 Å². The smallest absolute Gasteiger partial charge is 0.342 e. The maximum Gasteiger partial charge on any atom is 0.419 e. The predicted octanol–water partition coefficient (Wildman–Crippen LogP) is 7.09. The van der Waals surface area contributed by atoms with Crippen LogP contribution in [0.3, 0.4) is 0 Å². The van der Waals surface area contributed by atoms with Crippen LogP contribution < -0.4 is 0 Å². The first kappa shape index (κ1) is 29.6. The number of halogens is 6. The van der Waals surface area contributed by atoms with Gasteiger partial charge in [0.2, 0.25) is 5.91 Å². The predicted molar refractivity (Wildman–Crippen MR) is 149 cm³/mol. The van der Waals surface area contributed by atoms with Crippen LogP contribution in [0.25, 0.3) is 0 Å². The number of carbonyl (C=O) groups is 1. The van der Waals surface area contributed by atoms with Gasteiger partial charge in [-0.1, -0.05) is 42.3 Å². The second kappa shape index (κ2) is 11.4. The molecule has 2 aromatic rings. The van der Waals surface area contributed by atoms with Gasteiger partial charge in [-0.25, -0.2) is 4.39 Å². The van der Waals surface area contributed by atoms with Gasteiger partial charge in [-0.3, -0.25) is 9.69 Å². The molecule has 1 aliphatic carbocycles. The third kappa shape index (κ3) is 6.45. The largest absolute Gasteiger partial charge is 0.419 e.